The van der Waals surface area contributed by atoms with Crippen molar-refractivity contribution in [2.24, 2.45) is 0 Å². The third-order valence-electron chi connectivity index (χ3n) is 3.17. The van der Waals surface area contributed by atoms with Gasteiger partial charge in [-0.1, -0.05) is 35.1 Å². The highest BCUT2D eigenvalue weighted by Gasteiger charge is 2.35. The number of rotatable bonds is 3. The summed E-state index contributed by atoms with van der Waals surface area (Å²) < 4.78 is 27.5. The first-order valence-electron chi connectivity index (χ1n) is 6.53. The van der Waals surface area contributed by atoms with E-state index in [1.54, 1.807) is 18.2 Å². The van der Waals surface area contributed by atoms with E-state index in [1.807, 2.05) is 12.1 Å². The van der Waals surface area contributed by atoms with Gasteiger partial charge in [0.2, 0.25) is 10.8 Å². The van der Waals surface area contributed by atoms with Crippen LogP contribution in [0, 0.1) is 0 Å². The molecule has 0 aliphatic carbocycles. The third kappa shape index (κ3) is 2.64. The van der Waals surface area contributed by atoms with Crippen molar-refractivity contribution in [3.63, 3.8) is 0 Å². The van der Waals surface area contributed by atoms with Crippen molar-refractivity contribution in [1.29, 1.82) is 0 Å². The number of alkyl halides is 3. The van der Waals surface area contributed by atoms with Crippen LogP contribution in [-0.2, 0) is 5.38 Å². The van der Waals surface area contributed by atoms with E-state index in [2.05, 4.69) is 25.5 Å². The molecule has 11 heteroatoms. The quantitative estimate of drug-likeness (QED) is 0.536. The number of halogens is 4. The standard InChI is InChI=1S/C13H6Cl2F2N6S/c14-7-3-1-2-6(4-7)8-5-9(19-18-8)10-22-23-11(13(15,16)17)20-21-12(23)24-10/h1-5H,(H,18,19). The molecule has 0 aliphatic rings. The topological polar surface area (TPSA) is 71.8 Å². The first kappa shape index (κ1) is 15.4. The van der Waals surface area contributed by atoms with E-state index in [0.29, 0.717) is 21.4 Å². The van der Waals surface area contributed by atoms with Crippen LogP contribution in [0.2, 0.25) is 5.02 Å². The Labute approximate surface area is 147 Å². The van der Waals surface area contributed by atoms with E-state index in [1.165, 1.54) is 0 Å². The van der Waals surface area contributed by atoms with Gasteiger partial charge in [-0.2, -0.15) is 23.5 Å². The minimum Gasteiger partial charge on any atom is -0.275 e. The lowest BCUT2D eigenvalue weighted by molar-refractivity contribution is 0.0821. The molecule has 3 aromatic heterocycles. The third-order valence-corrected chi connectivity index (χ3v) is 4.51. The summed E-state index contributed by atoms with van der Waals surface area (Å²) in [5.74, 6) is -0.726. The highest BCUT2D eigenvalue weighted by atomic mass is 35.5. The van der Waals surface area contributed by atoms with Crippen LogP contribution in [0.1, 0.15) is 5.82 Å². The summed E-state index contributed by atoms with van der Waals surface area (Å²) in [6, 6.07) is 8.94. The maximum atomic E-state index is 13.3. The van der Waals surface area contributed by atoms with Gasteiger partial charge in [0.05, 0.1) is 11.4 Å². The Morgan fingerprint density at radius 3 is 2.79 bits per heavy atom. The molecule has 3 heterocycles. The summed E-state index contributed by atoms with van der Waals surface area (Å²) in [6.07, 6.45) is 0. The van der Waals surface area contributed by atoms with Crippen molar-refractivity contribution in [3.8, 4) is 22.0 Å². The molecular formula is C13H6Cl2F2N6S. The number of hydrogen-bond donors (Lipinski definition) is 1. The largest absolute Gasteiger partial charge is 0.383 e. The number of nitrogens with one attached hydrogen (secondary N) is 1. The average Bonchev–Trinajstić information content (AvgIpc) is 3.20. The van der Waals surface area contributed by atoms with Gasteiger partial charge in [0.25, 0.3) is 0 Å². The summed E-state index contributed by atoms with van der Waals surface area (Å²) in [5.41, 5.74) is 2.03. The number of aromatic amines is 1. The molecule has 0 atom stereocenters. The monoisotopic (exact) mass is 386 g/mol. The lowest BCUT2D eigenvalue weighted by Crippen LogP contribution is -2.10. The molecule has 0 bridgehead atoms. The molecule has 4 rings (SSSR count). The Morgan fingerprint density at radius 2 is 2.04 bits per heavy atom. The van der Waals surface area contributed by atoms with Gasteiger partial charge in [0, 0.05) is 10.6 Å². The molecule has 0 aliphatic heterocycles. The fourth-order valence-electron chi connectivity index (χ4n) is 2.13. The maximum absolute atomic E-state index is 13.3. The zero-order valence-electron chi connectivity index (χ0n) is 11.5. The van der Waals surface area contributed by atoms with Gasteiger partial charge in [0.1, 0.15) is 0 Å². The average molecular weight is 387 g/mol. The molecule has 0 radical (unpaired) electrons. The minimum absolute atomic E-state index is 0.208. The Kier molecular flexibility index (Phi) is 3.52. The number of hydrogen-bond acceptors (Lipinski definition) is 5. The maximum Gasteiger partial charge on any atom is 0.383 e. The fraction of sp³-hybridized carbons (Fsp3) is 0.0769. The van der Waals surface area contributed by atoms with Gasteiger partial charge >= 0.3 is 5.38 Å². The van der Waals surface area contributed by atoms with Crippen LogP contribution in [0.5, 0.6) is 0 Å². The second-order valence-electron chi connectivity index (χ2n) is 4.80. The Morgan fingerprint density at radius 1 is 1.21 bits per heavy atom. The first-order chi connectivity index (χ1) is 11.4. The van der Waals surface area contributed by atoms with E-state index >= 15 is 0 Å². The van der Waals surface area contributed by atoms with Gasteiger partial charge in [0.15, 0.2) is 5.01 Å². The second kappa shape index (κ2) is 5.47. The zero-order valence-corrected chi connectivity index (χ0v) is 13.9. The van der Waals surface area contributed by atoms with Crippen molar-refractivity contribution in [1.82, 2.24) is 30.0 Å². The van der Waals surface area contributed by atoms with E-state index in [4.69, 9.17) is 23.2 Å². The van der Waals surface area contributed by atoms with Gasteiger partial charge in [-0.3, -0.25) is 5.10 Å². The predicted octanol–water partition coefficient (Wildman–Crippen LogP) is 4.18. The Hall–Kier alpha value is -2.10. The summed E-state index contributed by atoms with van der Waals surface area (Å²) in [4.78, 5) is 0.208. The van der Waals surface area contributed by atoms with Crippen LogP contribution >= 0.6 is 34.5 Å². The van der Waals surface area contributed by atoms with Crippen LogP contribution in [0.4, 0.5) is 8.78 Å². The molecule has 24 heavy (non-hydrogen) atoms. The van der Waals surface area contributed by atoms with Gasteiger partial charge in [-0.05, 0) is 29.8 Å². The second-order valence-corrected chi connectivity index (χ2v) is 6.67. The first-order valence-corrected chi connectivity index (χ1v) is 8.10. The van der Waals surface area contributed by atoms with E-state index < -0.39 is 11.2 Å². The van der Waals surface area contributed by atoms with Gasteiger partial charge in [-0.25, -0.2) is 0 Å². The lowest BCUT2D eigenvalue weighted by Gasteiger charge is -2.01. The van der Waals surface area contributed by atoms with Crippen molar-refractivity contribution < 1.29 is 8.78 Å². The number of aromatic nitrogens is 6. The van der Waals surface area contributed by atoms with Crippen molar-refractivity contribution in [3.05, 3.63) is 41.2 Å². The van der Waals surface area contributed by atoms with E-state index in [9.17, 15) is 8.78 Å². The summed E-state index contributed by atoms with van der Waals surface area (Å²) in [6.45, 7) is 0. The van der Waals surface area contributed by atoms with E-state index in [-0.39, 0.29) is 4.96 Å². The summed E-state index contributed by atoms with van der Waals surface area (Å²) in [5, 5.41) is 15.5. The molecular weight excluding hydrogens is 381 g/mol. The molecule has 0 unspecified atom stereocenters. The molecule has 0 fully saturated rings. The molecule has 0 spiro atoms. The smallest absolute Gasteiger partial charge is 0.275 e. The van der Waals surface area contributed by atoms with Crippen molar-refractivity contribution in [2.75, 3.05) is 0 Å². The SMILES string of the molecule is FC(F)(Cl)c1nnc2sc(-c3cc(-c4cccc(Cl)c4)n[nH]3)nn12. The highest BCUT2D eigenvalue weighted by Crippen LogP contribution is 2.34. The van der Waals surface area contributed by atoms with Crippen molar-refractivity contribution >= 4 is 39.5 Å². The Balaban J connectivity index is 1.75. The zero-order chi connectivity index (χ0) is 16.9. The Bertz CT molecular complexity index is 1030. The number of benzene rings is 1. The summed E-state index contributed by atoms with van der Waals surface area (Å²) in [7, 11) is 0. The van der Waals surface area contributed by atoms with Crippen LogP contribution in [0.15, 0.2) is 30.3 Å². The molecule has 0 saturated heterocycles. The minimum atomic E-state index is -3.65. The molecule has 0 amide bonds. The predicted molar refractivity (Wildman–Crippen MR) is 86.4 cm³/mol. The number of fused-ring (bicyclic) bond motifs is 1. The fourth-order valence-corrected chi connectivity index (χ4v) is 3.24. The van der Waals surface area contributed by atoms with Crippen LogP contribution < -0.4 is 0 Å². The normalized spacial score (nSPS) is 12.2. The van der Waals surface area contributed by atoms with E-state index in [0.717, 1.165) is 21.4 Å². The molecule has 0 saturated carbocycles. The molecule has 1 aromatic carbocycles. The van der Waals surface area contributed by atoms with Crippen LogP contribution in [0.3, 0.4) is 0 Å². The van der Waals surface area contributed by atoms with Gasteiger partial charge < -0.3 is 0 Å². The number of H-pyrrole nitrogens is 1. The highest BCUT2D eigenvalue weighted by molar-refractivity contribution is 7.19. The lowest BCUT2D eigenvalue weighted by atomic mass is 10.1. The molecule has 122 valence electrons. The summed E-state index contributed by atoms with van der Waals surface area (Å²) >= 11 is 12.1. The van der Waals surface area contributed by atoms with Crippen LogP contribution in [-0.4, -0.2) is 30.0 Å². The van der Waals surface area contributed by atoms with Crippen LogP contribution in [0.25, 0.3) is 26.9 Å². The molecule has 1 N–H and O–H groups in total. The van der Waals surface area contributed by atoms with Crippen molar-refractivity contribution in [2.45, 2.75) is 5.38 Å². The number of nitrogens with zero attached hydrogens (tertiary/aromatic N) is 5. The molecule has 6 nitrogen and oxygen atoms in total. The molecule has 4 aromatic rings. The van der Waals surface area contributed by atoms with Gasteiger partial charge in [-0.15, -0.1) is 10.2 Å².